The zero-order valence-corrected chi connectivity index (χ0v) is 14.9. The van der Waals surface area contributed by atoms with E-state index in [0.29, 0.717) is 23.5 Å². The molecule has 4 atom stereocenters. The minimum atomic E-state index is -0.0500. The van der Waals surface area contributed by atoms with Gasteiger partial charge in [-0.05, 0) is 68.7 Å². The highest BCUT2D eigenvalue weighted by Crippen LogP contribution is 2.73. The van der Waals surface area contributed by atoms with E-state index in [1.54, 1.807) is 7.11 Å². The van der Waals surface area contributed by atoms with Gasteiger partial charge in [0, 0.05) is 30.7 Å². The average molecular weight is 329 g/mol. The van der Waals surface area contributed by atoms with Crippen molar-refractivity contribution in [2.45, 2.75) is 55.6 Å². The monoisotopic (exact) mass is 329 g/mol. The van der Waals surface area contributed by atoms with Crippen molar-refractivity contribution in [2.24, 2.45) is 5.92 Å². The number of likely N-dealkylation sites (N-methyl/N-ethyl adjacent to an activating group) is 1. The molecule has 0 bridgehead atoms. The quantitative estimate of drug-likeness (QED) is 0.905. The van der Waals surface area contributed by atoms with E-state index in [9.17, 15) is 5.11 Å². The first kappa shape index (κ1) is 15.0. The largest absolute Gasteiger partial charge is 0.504 e. The number of phenols is 1. The van der Waals surface area contributed by atoms with Gasteiger partial charge in [0.25, 0.3) is 0 Å². The van der Waals surface area contributed by atoms with Gasteiger partial charge in [0.2, 0.25) is 0 Å². The Morgan fingerprint density at radius 2 is 2.04 bits per heavy atom. The number of benzene rings is 1. The van der Waals surface area contributed by atoms with Crippen molar-refractivity contribution < 1.29 is 14.6 Å². The molecule has 0 saturated heterocycles. The van der Waals surface area contributed by atoms with Crippen molar-refractivity contribution in [3.8, 4) is 11.5 Å². The Labute approximate surface area is 143 Å². The third-order valence-corrected chi connectivity index (χ3v) is 7.68. The number of methoxy groups -OCH3 is 2. The van der Waals surface area contributed by atoms with Gasteiger partial charge < -0.3 is 14.6 Å². The normalized spacial score (nSPS) is 39.6. The van der Waals surface area contributed by atoms with Gasteiger partial charge in [-0.25, -0.2) is 0 Å². The van der Waals surface area contributed by atoms with E-state index in [1.165, 1.54) is 29.5 Å². The van der Waals surface area contributed by atoms with Gasteiger partial charge in [-0.1, -0.05) is 0 Å². The smallest absolute Gasteiger partial charge is 0.161 e. The fourth-order valence-electron chi connectivity index (χ4n) is 6.47. The molecule has 1 aromatic carbocycles. The molecule has 0 radical (unpaired) electrons. The van der Waals surface area contributed by atoms with Crippen LogP contribution in [0.5, 0.6) is 11.5 Å². The van der Waals surface area contributed by atoms with Gasteiger partial charge in [0.15, 0.2) is 11.5 Å². The van der Waals surface area contributed by atoms with Crippen LogP contribution in [0, 0.1) is 5.92 Å². The van der Waals surface area contributed by atoms with Gasteiger partial charge in [0.05, 0.1) is 12.7 Å². The molecule has 4 nitrogen and oxygen atoms in total. The molecular formula is C20H27NO3. The number of hydrogen-bond acceptors (Lipinski definition) is 4. The Kier molecular flexibility index (Phi) is 2.93. The van der Waals surface area contributed by atoms with Crippen LogP contribution in [0.1, 0.15) is 54.8 Å². The Morgan fingerprint density at radius 3 is 2.75 bits per heavy atom. The van der Waals surface area contributed by atoms with Crippen LogP contribution in [0.15, 0.2) is 6.07 Å². The Bertz CT molecular complexity index is 713. The van der Waals surface area contributed by atoms with E-state index >= 15 is 0 Å². The molecule has 4 unspecified atom stereocenters. The van der Waals surface area contributed by atoms with E-state index in [0.717, 1.165) is 32.2 Å². The number of rotatable bonds is 2. The first-order valence-corrected chi connectivity index (χ1v) is 9.26. The molecule has 0 amide bonds. The molecule has 1 spiro atoms. The molecule has 1 N–H and O–H groups in total. The lowest BCUT2D eigenvalue weighted by atomic mass is 9.61. The number of hydrogen-bond donors (Lipinski definition) is 1. The minimum absolute atomic E-state index is 0.0240. The lowest BCUT2D eigenvalue weighted by Crippen LogP contribution is -2.47. The van der Waals surface area contributed by atoms with Crippen LogP contribution < -0.4 is 4.74 Å². The summed E-state index contributed by atoms with van der Waals surface area (Å²) in [7, 11) is 5.75. The zero-order valence-electron chi connectivity index (χ0n) is 14.9. The molecular weight excluding hydrogens is 302 g/mol. The minimum Gasteiger partial charge on any atom is -0.504 e. The molecule has 2 saturated carbocycles. The van der Waals surface area contributed by atoms with Crippen LogP contribution in [-0.2, 0) is 16.6 Å². The van der Waals surface area contributed by atoms with Crippen molar-refractivity contribution in [3.05, 3.63) is 22.8 Å². The molecule has 1 heterocycles. The van der Waals surface area contributed by atoms with Crippen LogP contribution in [0.3, 0.4) is 0 Å². The fraction of sp³-hybridized carbons (Fsp3) is 0.700. The summed E-state index contributed by atoms with van der Waals surface area (Å²) in [4.78, 5) is 2.46. The molecule has 2 fully saturated rings. The topological polar surface area (TPSA) is 41.9 Å². The molecule has 3 aliphatic carbocycles. The first-order chi connectivity index (χ1) is 11.6. The van der Waals surface area contributed by atoms with Crippen molar-refractivity contribution in [1.29, 1.82) is 0 Å². The van der Waals surface area contributed by atoms with Crippen molar-refractivity contribution >= 4 is 0 Å². The standard InChI is InChI=1S/C20H27NO3/c1-21-9-6-12-10-15(23-2)18(22)17-16(12)14(21)5-8-19(17)7-4-13-11-20(13,19)24-3/h10,13-14,22H,4-9,11H2,1-3H3. The van der Waals surface area contributed by atoms with Gasteiger partial charge in [0.1, 0.15) is 0 Å². The van der Waals surface area contributed by atoms with Crippen LogP contribution in [0.2, 0.25) is 0 Å². The number of aromatic hydroxyl groups is 1. The molecule has 4 heteroatoms. The number of phenolic OH excluding ortho intramolecular Hbond substituents is 1. The lowest BCUT2D eigenvalue weighted by Gasteiger charge is -2.49. The highest BCUT2D eigenvalue weighted by Gasteiger charge is 2.73. The predicted molar refractivity (Wildman–Crippen MR) is 91.7 cm³/mol. The van der Waals surface area contributed by atoms with Crippen molar-refractivity contribution in [3.63, 3.8) is 0 Å². The summed E-state index contributed by atoms with van der Waals surface area (Å²) in [5, 5.41) is 11.2. The summed E-state index contributed by atoms with van der Waals surface area (Å²) in [5.41, 5.74) is 3.85. The van der Waals surface area contributed by atoms with Crippen LogP contribution in [-0.4, -0.2) is 43.4 Å². The highest BCUT2D eigenvalue weighted by molar-refractivity contribution is 5.62. The van der Waals surface area contributed by atoms with Gasteiger partial charge >= 0.3 is 0 Å². The molecule has 130 valence electrons. The first-order valence-electron chi connectivity index (χ1n) is 9.26. The summed E-state index contributed by atoms with van der Waals surface area (Å²) in [5.74, 6) is 1.69. The third-order valence-electron chi connectivity index (χ3n) is 7.68. The van der Waals surface area contributed by atoms with Crippen LogP contribution in [0.25, 0.3) is 0 Å². The van der Waals surface area contributed by atoms with E-state index < -0.39 is 0 Å². The molecule has 4 aliphatic rings. The summed E-state index contributed by atoms with van der Waals surface area (Å²) < 4.78 is 11.7. The van der Waals surface area contributed by atoms with Crippen molar-refractivity contribution in [2.75, 3.05) is 27.8 Å². The van der Waals surface area contributed by atoms with Crippen LogP contribution >= 0.6 is 0 Å². The maximum absolute atomic E-state index is 11.2. The van der Waals surface area contributed by atoms with Gasteiger partial charge in [-0.3, -0.25) is 4.90 Å². The Morgan fingerprint density at radius 1 is 1.25 bits per heavy atom. The molecule has 1 aromatic rings. The van der Waals surface area contributed by atoms with Gasteiger partial charge in [-0.2, -0.15) is 0 Å². The van der Waals surface area contributed by atoms with Gasteiger partial charge in [-0.15, -0.1) is 0 Å². The summed E-state index contributed by atoms with van der Waals surface area (Å²) in [6.45, 7) is 1.08. The zero-order chi connectivity index (χ0) is 16.7. The fourth-order valence-corrected chi connectivity index (χ4v) is 6.47. The molecule has 24 heavy (non-hydrogen) atoms. The Balaban J connectivity index is 1.80. The highest BCUT2D eigenvalue weighted by atomic mass is 16.5. The van der Waals surface area contributed by atoms with Crippen LogP contribution in [0.4, 0.5) is 0 Å². The van der Waals surface area contributed by atoms with Crippen molar-refractivity contribution in [1.82, 2.24) is 4.90 Å². The SMILES string of the molecule is COc1cc2c3c(c1O)C1(CCC3N(C)CC2)CCC2CC21OC. The van der Waals surface area contributed by atoms with E-state index in [1.807, 2.05) is 7.11 Å². The number of fused-ring (bicyclic) bond motifs is 3. The second-order valence-corrected chi connectivity index (χ2v) is 8.28. The Hall–Kier alpha value is -1.26. The third kappa shape index (κ3) is 1.53. The maximum atomic E-state index is 11.2. The summed E-state index contributed by atoms with van der Waals surface area (Å²) in [6, 6.07) is 2.50. The lowest BCUT2D eigenvalue weighted by molar-refractivity contribution is -0.00280. The maximum Gasteiger partial charge on any atom is 0.161 e. The second-order valence-electron chi connectivity index (χ2n) is 8.28. The average Bonchev–Trinajstić information content (AvgIpc) is 3.26. The predicted octanol–water partition coefficient (Wildman–Crippen LogP) is 3.16. The number of ether oxygens (including phenoxy) is 2. The second kappa shape index (κ2) is 4.67. The van der Waals surface area contributed by atoms with E-state index in [4.69, 9.17) is 9.47 Å². The summed E-state index contributed by atoms with van der Waals surface area (Å²) in [6.07, 6.45) is 6.81. The number of nitrogens with zero attached hydrogens (tertiary/aromatic N) is 1. The summed E-state index contributed by atoms with van der Waals surface area (Å²) >= 11 is 0. The molecule has 0 aromatic heterocycles. The van der Waals surface area contributed by atoms with E-state index in [2.05, 4.69) is 18.0 Å². The molecule has 1 aliphatic heterocycles. The van der Waals surface area contributed by atoms with E-state index in [-0.39, 0.29) is 11.0 Å². The molecule has 5 rings (SSSR count).